The van der Waals surface area contributed by atoms with Crippen molar-refractivity contribution in [1.82, 2.24) is 15.0 Å². The summed E-state index contributed by atoms with van der Waals surface area (Å²) >= 11 is 0. The molecule has 0 aliphatic heterocycles. The van der Waals surface area contributed by atoms with Crippen molar-refractivity contribution in [2.24, 2.45) is 0 Å². The lowest BCUT2D eigenvalue weighted by Gasteiger charge is -2.13. The predicted octanol–water partition coefficient (Wildman–Crippen LogP) is 1.77. The smallest absolute Gasteiger partial charge is 0.231 e. The highest BCUT2D eigenvalue weighted by Crippen LogP contribution is 2.11. The molecule has 1 heterocycles. The molecule has 0 amide bonds. The summed E-state index contributed by atoms with van der Waals surface area (Å²) in [6, 6.07) is 6.46. The van der Waals surface area contributed by atoms with Gasteiger partial charge in [-0.05, 0) is 24.1 Å². The lowest BCUT2D eigenvalue weighted by atomic mass is 10.1. The van der Waals surface area contributed by atoms with E-state index in [2.05, 4.69) is 25.6 Å². The molecule has 7 heteroatoms. The quantitative estimate of drug-likeness (QED) is 0.845. The normalized spacial score (nSPS) is 10.3. The van der Waals surface area contributed by atoms with Gasteiger partial charge in [0.2, 0.25) is 17.8 Å². The minimum atomic E-state index is -0.224. The highest BCUT2D eigenvalue weighted by Gasteiger charge is 2.06. The molecule has 0 atom stereocenters. The van der Waals surface area contributed by atoms with Gasteiger partial charge in [-0.2, -0.15) is 15.0 Å². The minimum Gasteiger partial charge on any atom is -0.357 e. The third kappa shape index (κ3) is 4.27. The van der Waals surface area contributed by atoms with Crippen molar-refractivity contribution in [2.45, 2.75) is 6.42 Å². The van der Waals surface area contributed by atoms with Crippen molar-refractivity contribution in [3.05, 3.63) is 35.6 Å². The summed E-state index contributed by atoms with van der Waals surface area (Å²) in [4.78, 5) is 14.6. The Morgan fingerprint density at radius 2 is 1.71 bits per heavy atom. The fourth-order valence-corrected chi connectivity index (χ4v) is 1.73. The van der Waals surface area contributed by atoms with Gasteiger partial charge in [0.1, 0.15) is 5.82 Å². The van der Waals surface area contributed by atoms with Crippen LogP contribution in [0, 0.1) is 5.82 Å². The molecule has 1 aromatic heterocycles. The Kier molecular flexibility index (Phi) is 4.86. The fraction of sp³-hybridized carbons (Fsp3) is 0.357. The van der Waals surface area contributed by atoms with Gasteiger partial charge in [-0.3, -0.25) is 0 Å². The number of aromatic nitrogens is 3. The van der Waals surface area contributed by atoms with Crippen LogP contribution in [0.5, 0.6) is 0 Å². The van der Waals surface area contributed by atoms with E-state index in [1.54, 1.807) is 19.2 Å². The summed E-state index contributed by atoms with van der Waals surface area (Å²) < 4.78 is 12.8. The maximum absolute atomic E-state index is 12.8. The van der Waals surface area contributed by atoms with Gasteiger partial charge >= 0.3 is 0 Å². The Morgan fingerprint density at radius 3 is 2.33 bits per heavy atom. The lowest BCUT2D eigenvalue weighted by Crippen LogP contribution is -2.17. The van der Waals surface area contributed by atoms with Crippen LogP contribution in [0.1, 0.15) is 5.56 Å². The fourth-order valence-electron chi connectivity index (χ4n) is 1.73. The van der Waals surface area contributed by atoms with E-state index >= 15 is 0 Å². The van der Waals surface area contributed by atoms with Gasteiger partial charge in [0.15, 0.2) is 0 Å². The maximum Gasteiger partial charge on any atom is 0.231 e. The molecule has 2 N–H and O–H groups in total. The van der Waals surface area contributed by atoms with Crippen molar-refractivity contribution in [1.29, 1.82) is 0 Å². The monoisotopic (exact) mass is 290 g/mol. The van der Waals surface area contributed by atoms with Crippen molar-refractivity contribution in [3.8, 4) is 0 Å². The molecule has 0 spiro atoms. The molecule has 0 aliphatic rings. The first-order valence-corrected chi connectivity index (χ1v) is 6.68. The van der Waals surface area contributed by atoms with E-state index in [4.69, 9.17) is 0 Å². The number of halogens is 1. The van der Waals surface area contributed by atoms with Crippen LogP contribution in [0.2, 0.25) is 0 Å². The third-order valence-electron chi connectivity index (χ3n) is 2.86. The number of anilines is 3. The number of hydrogen-bond acceptors (Lipinski definition) is 6. The van der Waals surface area contributed by atoms with E-state index in [-0.39, 0.29) is 5.82 Å². The minimum absolute atomic E-state index is 0.224. The first-order chi connectivity index (χ1) is 10.1. The molecule has 0 unspecified atom stereocenters. The molecule has 2 aromatic rings. The maximum atomic E-state index is 12.8. The van der Waals surface area contributed by atoms with Crippen molar-refractivity contribution < 1.29 is 4.39 Å². The number of nitrogens with zero attached hydrogens (tertiary/aromatic N) is 4. The molecule has 6 nitrogen and oxygen atoms in total. The molecular formula is C14H19FN6. The van der Waals surface area contributed by atoms with Crippen LogP contribution in [-0.2, 0) is 6.42 Å². The largest absolute Gasteiger partial charge is 0.357 e. The van der Waals surface area contributed by atoms with Crippen LogP contribution in [0.3, 0.4) is 0 Å². The van der Waals surface area contributed by atoms with Gasteiger partial charge in [0.05, 0.1) is 0 Å². The highest BCUT2D eigenvalue weighted by molar-refractivity contribution is 5.42. The summed E-state index contributed by atoms with van der Waals surface area (Å²) in [6.07, 6.45) is 0.762. The number of benzene rings is 1. The summed E-state index contributed by atoms with van der Waals surface area (Å²) in [5, 5.41) is 6.06. The van der Waals surface area contributed by atoms with E-state index in [0.29, 0.717) is 24.4 Å². The van der Waals surface area contributed by atoms with Gasteiger partial charge < -0.3 is 15.5 Å². The Labute approximate surface area is 123 Å². The van der Waals surface area contributed by atoms with Gasteiger partial charge in [0.25, 0.3) is 0 Å². The van der Waals surface area contributed by atoms with Gasteiger partial charge in [-0.1, -0.05) is 12.1 Å². The van der Waals surface area contributed by atoms with Crippen molar-refractivity contribution >= 4 is 17.8 Å². The summed E-state index contributed by atoms with van der Waals surface area (Å²) in [5.41, 5.74) is 1.06. The first kappa shape index (κ1) is 15.0. The molecule has 1 aromatic carbocycles. The molecule has 21 heavy (non-hydrogen) atoms. The van der Waals surface area contributed by atoms with Crippen LogP contribution < -0.4 is 15.5 Å². The van der Waals surface area contributed by atoms with Crippen LogP contribution in [0.4, 0.5) is 22.2 Å². The van der Waals surface area contributed by atoms with Gasteiger partial charge in [-0.25, -0.2) is 4.39 Å². The Balaban J connectivity index is 1.99. The number of nitrogens with one attached hydrogen (secondary N) is 2. The average molecular weight is 290 g/mol. The van der Waals surface area contributed by atoms with Crippen LogP contribution in [0.25, 0.3) is 0 Å². The standard InChI is InChI=1S/C14H19FN6/c1-16-12-18-13(20-14(19-12)21(2)3)17-9-8-10-4-6-11(15)7-5-10/h4-7H,8-9H2,1-3H3,(H2,16,17,18,19,20). The highest BCUT2D eigenvalue weighted by atomic mass is 19.1. The summed E-state index contributed by atoms with van der Waals surface area (Å²) in [5.74, 6) is 1.38. The van der Waals surface area contributed by atoms with Crippen LogP contribution in [0.15, 0.2) is 24.3 Å². The van der Waals surface area contributed by atoms with E-state index in [1.165, 1.54) is 12.1 Å². The molecule has 0 saturated carbocycles. The zero-order valence-electron chi connectivity index (χ0n) is 12.4. The first-order valence-electron chi connectivity index (χ1n) is 6.68. The van der Waals surface area contributed by atoms with Gasteiger partial charge in [0, 0.05) is 27.7 Å². The topological polar surface area (TPSA) is 66.0 Å². The predicted molar refractivity (Wildman–Crippen MR) is 82.3 cm³/mol. The van der Waals surface area contributed by atoms with Crippen LogP contribution in [-0.4, -0.2) is 42.6 Å². The molecule has 0 radical (unpaired) electrons. The third-order valence-corrected chi connectivity index (χ3v) is 2.86. The summed E-state index contributed by atoms with van der Waals surface area (Å²) in [6.45, 7) is 0.658. The molecular weight excluding hydrogens is 271 g/mol. The molecule has 112 valence electrons. The molecule has 0 aliphatic carbocycles. The Bertz CT molecular complexity index is 585. The molecule has 0 saturated heterocycles. The number of rotatable bonds is 6. The van der Waals surface area contributed by atoms with Gasteiger partial charge in [-0.15, -0.1) is 0 Å². The second-order valence-corrected chi connectivity index (χ2v) is 4.73. The Morgan fingerprint density at radius 1 is 1.05 bits per heavy atom. The van der Waals surface area contributed by atoms with E-state index < -0.39 is 0 Å². The molecule has 2 rings (SSSR count). The molecule has 0 bridgehead atoms. The Hall–Kier alpha value is -2.44. The lowest BCUT2D eigenvalue weighted by molar-refractivity contribution is 0.627. The number of hydrogen-bond donors (Lipinski definition) is 2. The van der Waals surface area contributed by atoms with E-state index in [1.807, 2.05) is 19.0 Å². The zero-order valence-corrected chi connectivity index (χ0v) is 12.4. The zero-order chi connectivity index (χ0) is 15.2. The van der Waals surface area contributed by atoms with E-state index in [9.17, 15) is 4.39 Å². The second kappa shape index (κ2) is 6.83. The summed E-state index contributed by atoms with van der Waals surface area (Å²) in [7, 11) is 5.51. The van der Waals surface area contributed by atoms with Crippen molar-refractivity contribution in [2.75, 3.05) is 43.2 Å². The average Bonchev–Trinajstić information content (AvgIpc) is 2.49. The SMILES string of the molecule is CNc1nc(NCCc2ccc(F)cc2)nc(N(C)C)n1. The molecule has 0 fully saturated rings. The second-order valence-electron chi connectivity index (χ2n) is 4.73. The van der Waals surface area contributed by atoms with E-state index in [0.717, 1.165) is 12.0 Å². The van der Waals surface area contributed by atoms with Crippen molar-refractivity contribution in [3.63, 3.8) is 0 Å². The van der Waals surface area contributed by atoms with Crippen LogP contribution >= 0.6 is 0 Å².